The number of unbranched alkanes of at least 4 members (excludes halogenated alkanes) is 8. The van der Waals surface area contributed by atoms with E-state index in [9.17, 15) is 9.59 Å². The van der Waals surface area contributed by atoms with Crippen LogP contribution >= 0.6 is 0 Å². The largest absolute Gasteiger partial charge is 0.478 e. The number of carbonyl (C=O) groups is 2. The monoisotopic (exact) mass is 326 g/mol. The number of rotatable bonds is 11. The Kier molecular flexibility index (Phi) is 17.3. The van der Waals surface area contributed by atoms with Gasteiger partial charge in [0.2, 0.25) is 0 Å². The van der Waals surface area contributed by atoms with E-state index < -0.39 is 11.9 Å². The molecule has 0 atom stereocenters. The molecule has 0 saturated heterocycles. The Labute approximate surface area is 141 Å². The van der Waals surface area contributed by atoms with E-state index in [2.05, 4.69) is 6.92 Å². The molecule has 0 radical (unpaired) electrons. The highest BCUT2D eigenvalue weighted by molar-refractivity contribution is 5.85. The molecule has 0 rings (SSSR count). The van der Waals surface area contributed by atoms with Crippen molar-refractivity contribution in [2.45, 2.75) is 85.5 Å². The molecule has 0 bridgehead atoms. The van der Waals surface area contributed by atoms with Crippen molar-refractivity contribution in [1.29, 1.82) is 0 Å². The van der Waals surface area contributed by atoms with Crippen LogP contribution in [0.1, 0.15) is 85.5 Å². The lowest BCUT2D eigenvalue weighted by molar-refractivity contribution is -0.133. The van der Waals surface area contributed by atoms with Gasteiger partial charge < -0.3 is 10.2 Å². The summed E-state index contributed by atoms with van der Waals surface area (Å²) in [6.07, 6.45) is 14.7. The van der Waals surface area contributed by atoms with Gasteiger partial charge in [0.05, 0.1) is 0 Å². The van der Waals surface area contributed by atoms with Crippen LogP contribution in [0.5, 0.6) is 0 Å². The van der Waals surface area contributed by atoms with E-state index in [4.69, 9.17) is 10.2 Å². The Morgan fingerprint density at radius 3 is 1.57 bits per heavy atom. The van der Waals surface area contributed by atoms with Crippen molar-refractivity contribution in [2.24, 2.45) is 0 Å². The molecule has 0 spiro atoms. The van der Waals surface area contributed by atoms with Gasteiger partial charge in [0.15, 0.2) is 0 Å². The Bertz CT molecular complexity index is 381. The minimum atomic E-state index is -0.845. The van der Waals surface area contributed by atoms with Crippen LogP contribution in [-0.4, -0.2) is 22.2 Å². The van der Waals surface area contributed by atoms with Crippen LogP contribution in [0.3, 0.4) is 0 Å². The number of carboxylic acid groups (broad SMARTS) is 2. The molecule has 0 aliphatic rings. The van der Waals surface area contributed by atoms with E-state index in [-0.39, 0.29) is 0 Å². The van der Waals surface area contributed by atoms with Gasteiger partial charge in [-0.05, 0) is 33.6 Å². The summed E-state index contributed by atoms with van der Waals surface area (Å²) in [5, 5.41) is 16.8. The van der Waals surface area contributed by atoms with E-state index in [0.29, 0.717) is 11.1 Å². The second-order valence-electron chi connectivity index (χ2n) is 5.73. The third-order valence-electron chi connectivity index (χ3n) is 3.62. The van der Waals surface area contributed by atoms with Crippen molar-refractivity contribution in [3.8, 4) is 0 Å². The first-order chi connectivity index (χ1) is 10.9. The van der Waals surface area contributed by atoms with Crippen LogP contribution in [0, 0.1) is 0 Å². The zero-order valence-corrected chi connectivity index (χ0v) is 15.2. The maximum Gasteiger partial charge on any atom is 0.330 e. The van der Waals surface area contributed by atoms with Crippen molar-refractivity contribution in [2.75, 3.05) is 0 Å². The van der Waals surface area contributed by atoms with Gasteiger partial charge in [-0.3, -0.25) is 0 Å². The van der Waals surface area contributed by atoms with Gasteiger partial charge in [-0.25, -0.2) is 9.59 Å². The summed E-state index contributed by atoms with van der Waals surface area (Å²) >= 11 is 0. The van der Waals surface area contributed by atoms with Gasteiger partial charge in [0.1, 0.15) is 0 Å². The summed E-state index contributed by atoms with van der Waals surface area (Å²) in [5.41, 5.74) is 0.864. The summed E-state index contributed by atoms with van der Waals surface area (Å²) in [4.78, 5) is 20.4. The fraction of sp³-hybridized carbons (Fsp3) is 0.684. The smallest absolute Gasteiger partial charge is 0.330 e. The van der Waals surface area contributed by atoms with Crippen molar-refractivity contribution in [1.82, 2.24) is 0 Å². The summed E-state index contributed by atoms with van der Waals surface area (Å²) in [6, 6.07) is 0. The Morgan fingerprint density at radius 1 is 0.783 bits per heavy atom. The molecular weight excluding hydrogens is 292 g/mol. The van der Waals surface area contributed by atoms with E-state index in [1.54, 1.807) is 26.8 Å². The molecule has 0 aromatic rings. The first-order valence-electron chi connectivity index (χ1n) is 8.63. The molecule has 0 aliphatic heterocycles. The quantitative estimate of drug-likeness (QED) is 0.383. The molecule has 4 heteroatoms. The fourth-order valence-electron chi connectivity index (χ4n) is 1.81. The minimum Gasteiger partial charge on any atom is -0.478 e. The van der Waals surface area contributed by atoms with Crippen LogP contribution < -0.4 is 0 Å². The third kappa shape index (κ3) is 18.4. The summed E-state index contributed by atoms with van der Waals surface area (Å²) in [5.74, 6) is -1.64. The Hall–Kier alpha value is -1.58. The first kappa shape index (κ1) is 23.7. The van der Waals surface area contributed by atoms with Crippen LogP contribution in [0.2, 0.25) is 0 Å². The Balaban J connectivity index is 0. The van der Waals surface area contributed by atoms with Crippen LogP contribution in [0.15, 0.2) is 23.3 Å². The predicted molar refractivity (Wildman–Crippen MR) is 95.7 cm³/mol. The molecule has 0 amide bonds. The molecule has 2 N–H and O–H groups in total. The number of carboxylic acids is 2. The molecule has 0 heterocycles. The second-order valence-corrected chi connectivity index (χ2v) is 5.73. The van der Waals surface area contributed by atoms with E-state index >= 15 is 0 Å². The molecule has 0 unspecified atom stereocenters. The number of hydrogen-bond donors (Lipinski definition) is 2. The molecule has 0 fully saturated rings. The fourth-order valence-corrected chi connectivity index (χ4v) is 1.81. The summed E-state index contributed by atoms with van der Waals surface area (Å²) in [7, 11) is 0. The predicted octanol–water partition coefficient (Wildman–Crippen LogP) is 5.59. The average molecular weight is 326 g/mol. The maximum absolute atomic E-state index is 10.5. The van der Waals surface area contributed by atoms with Crippen LogP contribution in [-0.2, 0) is 9.59 Å². The van der Waals surface area contributed by atoms with Crippen LogP contribution in [0.25, 0.3) is 0 Å². The topological polar surface area (TPSA) is 74.6 Å². The molecular formula is C19H34O4. The third-order valence-corrected chi connectivity index (χ3v) is 3.62. The summed E-state index contributed by atoms with van der Waals surface area (Å²) < 4.78 is 0. The summed E-state index contributed by atoms with van der Waals surface area (Å²) in [6.45, 7) is 7.15. The van der Waals surface area contributed by atoms with Crippen molar-refractivity contribution in [3.63, 3.8) is 0 Å². The Morgan fingerprint density at radius 2 is 1.22 bits per heavy atom. The SMILES string of the molecule is CC=C(C)C(=O)O.CCCCCCCCCCC=C(C)C(=O)O. The molecule has 0 aliphatic carbocycles. The van der Waals surface area contributed by atoms with Gasteiger partial charge in [0.25, 0.3) is 0 Å². The normalized spacial score (nSPS) is 11.7. The highest BCUT2D eigenvalue weighted by Crippen LogP contribution is 2.10. The highest BCUT2D eigenvalue weighted by Gasteiger charge is 1.97. The number of aliphatic carboxylic acids is 2. The lowest BCUT2D eigenvalue weighted by Gasteiger charge is -2.00. The van der Waals surface area contributed by atoms with E-state index in [1.807, 2.05) is 6.08 Å². The zero-order chi connectivity index (χ0) is 18.1. The number of hydrogen-bond acceptors (Lipinski definition) is 2. The van der Waals surface area contributed by atoms with Gasteiger partial charge in [-0.2, -0.15) is 0 Å². The number of allylic oxidation sites excluding steroid dienone is 2. The molecule has 0 saturated carbocycles. The van der Waals surface area contributed by atoms with Crippen LogP contribution in [0.4, 0.5) is 0 Å². The van der Waals surface area contributed by atoms with Crippen molar-refractivity contribution < 1.29 is 19.8 Å². The molecule has 4 nitrogen and oxygen atoms in total. The molecule has 0 aromatic carbocycles. The van der Waals surface area contributed by atoms with E-state index in [0.717, 1.165) is 12.8 Å². The molecule has 23 heavy (non-hydrogen) atoms. The maximum atomic E-state index is 10.5. The van der Waals surface area contributed by atoms with Crippen molar-refractivity contribution >= 4 is 11.9 Å². The molecule has 134 valence electrons. The molecule has 0 aromatic heterocycles. The highest BCUT2D eigenvalue weighted by atomic mass is 16.4. The van der Waals surface area contributed by atoms with Gasteiger partial charge in [-0.15, -0.1) is 0 Å². The average Bonchev–Trinajstić information content (AvgIpc) is 2.52. The first-order valence-corrected chi connectivity index (χ1v) is 8.63. The standard InChI is InChI=1S/C14H26O2.C5H8O2/c1-3-4-5-6-7-8-9-10-11-12-13(2)14(15)16;1-3-4(2)5(6)7/h12H,3-11H2,1-2H3,(H,15,16);3H,1-2H3,(H,6,7). The van der Waals surface area contributed by atoms with E-state index in [1.165, 1.54) is 44.9 Å². The minimum absolute atomic E-state index is 0.389. The second kappa shape index (κ2) is 16.8. The zero-order valence-electron chi connectivity index (χ0n) is 15.2. The van der Waals surface area contributed by atoms with Gasteiger partial charge in [0, 0.05) is 11.1 Å². The van der Waals surface area contributed by atoms with Gasteiger partial charge >= 0.3 is 11.9 Å². The lowest BCUT2D eigenvalue weighted by Crippen LogP contribution is -1.95. The van der Waals surface area contributed by atoms with Crippen molar-refractivity contribution in [3.05, 3.63) is 23.3 Å². The van der Waals surface area contributed by atoms with Gasteiger partial charge in [-0.1, -0.05) is 64.0 Å². The lowest BCUT2D eigenvalue weighted by atomic mass is 10.1.